The Balaban J connectivity index is 2.19. The van der Waals surface area contributed by atoms with E-state index in [1.807, 2.05) is 4.90 Å². The van der Waals surface area contributed by atoms with Crippen molar-refractivity contribution in [2.24, 2.45) is 0 Å². The maximum atomic E-state index is 10.6. The molecule has 0 amide bonds. The second-order valence-corrected chi connectivity index (χ2v) is 3.23. The number of hydrogen-bond donors (Lipinski definition) is 0. The van der Waals surface area contributed by atoms with Gasteiger partial charge in [0.1, 0.15) is 5.82 Å². The fourth-order valence-corrected chi connectivity index (χ4v) is 1.49. The third kappa shape index (κ3) is 2.21. The molecular formula is C9H11N3O3. The number of ether oxygens (including phenoxy) is 1. The SMILES string of the molecule is O=[N+]([O-])c1ccnc(N2CCOCC2)c1. The number of anilines is 1. The van der Waals surface area contributed by atoms with Gasteiger partial charge in [0.25, 0.3) is 5.69 Å². The summed E-state index contributed by atoms with van der Waals surface area (Å²) < 4.78 is 5.20. The zero-order valence-corrected chi connectivity index (χ0v) is 8.13. The van der Waals surface area contributed by atoms with E-state index in [4.69, 9.17) is 4.74 Å². The van der Waals surface area contributed by atoms with Gasteiger partial charge in [0, 0.05) is 25.4 Å². The summed E-state index contributed by atoms with van der Waals surface area (Å²) in [5.74, 6) is 0.646. The van der Waals surface area contributed by atoms with Crippen LogP contribution in [0.2, 0.25) is 0 Å². The smallest absolute Gasteiger partial charge is 0.274 e. The highest BCUT2D eigenvalue weighted by atomic mass is 16.6. The van der Waals surface area contributed by atoms with Crippen molar-refractivity contribution in [2.75, 3.05) is 31.2 Å². The first kappa shape index (κ1) is 9.85. The van der Waals surface area contributed by atoms with E-state index in [-0.39, 0.29) is 5.69 Å². The van der Waals surface area contributed by atoms with Crippen LogP contribution >= 0.6 is 0 Å². The number of rotatable bonds is 2. The first-order chi connectivity index (χ1) is 7.27. The van der Waals surface area contributed by atoms with Crippen molar-refractivity contribution in [1.82, 2.24) is 4.98 Å². The van der Waals surface area contributed by atoms with Crippen LogP contribution in [0, 0.1) is 10.1 Å². The van der Waals surface area contributed by atoms with Gasteiger partial charge < -0.3 is 9.64 Å². The van der Waals surface area contributed by atoms with Crippen LogP contribution in [0.15, 0.2) is 18.3 Å². The fourth-order valence-electron chi connectivity index (χ4n) is 1.49. The second-order valence-electron chi connectivity index (χ2n) is 3.23. The van der Waals surface area contributed by atoms with Gasteiger partial charge in [-0.15, -0.1) is 0 Å². The summed E-state index contributed by atoms with van der Waals surface area (Å²) in [6, 6.07) is 2.88. The molecule has 0 saturated carbocycles. The Hall–Kier alpha value is -1.69. The van der Waals surface area contributed by atoms with Gasteiger partial charge in [-0.25, -0.2) is 4.98 Å². The van der Waals surface area contributed by atoms with Crippen molar-refractivity contribution >= 4 is 11.5 Å². The van der Waals surface area contributed by atoms with E-state index in [9.17, 15) is 10.1 Å². The molecule has 0 N–H and O–H groups in total. The molecule has 0 atom stereocenters. The van der Waals surface area contributed by atoms with Gasteiger partial charge >= 0.3 is 0 Å². The summed E-state index contributed by atoms with van der Waals surface area (Å²) in [5, 5.41) is 10.6. The van der Waals surface area contributed by atoms with Crippen LogP contribution in [-0.4, -0.2) is 36.2 Å². The molecule has 0 aliphatic carbocycles. The highest BCUT2D eigenvalue weighted by molar-refractivity contribution is 5.46. The van der Waals surface area contributed by atoms with E-state index >= 15 is 0 Å². The van der Waals surface area contributed by atoms with Crippen molar-refractivity contribution in [2.45, 2.75) is 0 Å². The molecule has 1 aliphatic rings. The Bertz CT molecular complexity index is 363. The van der Waals surface area contributed by atoms with Gasteiger partial charge in [-0.2, -0.15) is 0 Å². The highest BCUT2D eigenvalue weighted by Crippen LogP contribution is 2.18. The number of hydrogen-bond acceptors (Lipinski definition) is 5. The number of nitrogens with zero attached hydrogens (tertiary/aromatic N) is 3. The van der Waals surface area contributed by atoms with E-state index in [1.54, 1.807) is 0 Å². The average molecular weight is 209 g/mol. The number of pyridine rings is 1. The van der Waals surface area contributed by atoms with Crippen molar-refractivity contribution in [3.05, 3.63) is 28.4 Å². The zero-order chi connectivity index (χ0) is 10.7. The molecule has 2 heterocycles. The Morgan fingerprint density at radius 1 is 1.47 bits per heavy atom. The summed E-state index contributed by atoms with van der Waals surface area (Å²) in [6.45, 7) is 2.75. The van der Waals surface area contributed by atoms with Crippen molar-refractivity contribution in [1.29, 1.82) is 0 Å². The van der Waals surface area contributed by atoms with Gasteiger partial charge in [0.15, 0.2) is 0 Å². The standard InChI is InChI=1S/C9H11N3O3/c13-12(14)8-1-2-10-9(7-8)11-3-5-15-6-4-11/h1-2,7H,3-6H2. The summed E-state index contributed by atoms with van der Waals surface area (Å²) in [6.07, 6.45) is 1.46. The number of aromatic nitrogens is 1. The normalized spacial score (nSPS) is 16.4. The zero-order valence-electron chi connectivity index (χ0n) is 8.13. The lowest BCUT2D eigenvalue weighted by atomic mass is 10.3. The minimum atomic E-state index is -0.411. The van der Waals surface area contributed by atoms with Gasteiger partial charge in [-0.3, -0.25) is 10.1 Å². The Kier molecular flexibility index (Phi) is 2.77. The Morgan fingerprint density at radius 3 is 2.87 bits per heavy atom. The van der Waals surface area contributed by atoms with Gasteiger partial charge in [0.2, 0.25) is 0 Å². The molecule has 1 saturated heterocycles. The summed E-state index contributed by atoms with van der Waals surface area (Å²) >= 11 is 0. The van der Waals surface area contributed by atoms with E-state index in [2.05, 4.69) is 4.98 Å². The topological polar surface area (TPSA) is 68.5 Å². The lowest BCUT2D eigenvalue weighted by molar-refractivity contribution is -0.384. The van der Waals surface area contributed by atoms with Crippen LogP contribution in [0.4, 0.5) is 11.5 Å². The van der Waals surface area contributed by atoms with Gasteiger partial charge in [-0.05, 0) is 0 Å². The fraction of sp³-hybridized carbons (Fsp3) is 0.444. The highest BCUT2D eigenvalue weighted by Gasteiger charge is 2.15. The lowest BCUT2D eigenvalue weighted by Crippen LogP contribution is -2.36. The quantitative estimate of drug-likeness (QED) is 0.533. The molecule has 2 rings (SSSR count). The predicted molar refractivity (Wildman–Crippen MR) is 53.9 cm³/mol. The van der Waals surface area contributed by atoms with Gasteiger partial charge in [-0.1, -0.05) is 0 Å². The van der Waals surface area contributed by atoms with E-state index in [1.165, 1.54) is 18.3 Å². The second kappa shape index (κ2) is 4.22. The molecule has 0 spiro atoms. The van der Waals surface area contributed by atoms with E-state index < -0.39 is 4.92 Å². The van der Waals surface area contributed by atoms with Crippen LogP contribution in [0.3, 0.4) is 0 Å². The molecule has 0 bridgehead atoms. The van der Waals surface area contributed by atoms with Gasteiger partial charge in [0.05, 0.1) is 24.2 Å². The summed E-state index contributed by atoms with van der Waals surface area (Å²) in [7, 11) is 0. The Labute approximate surface area is 86.6 Å². The molecule has 1 fully saturated rings. The molecule has 1 aromatic rings. The monoisotopic (exact) mass is 209 g/mol. The minimum absolute atomic E-state index is 0.0755. The maximum absolute atomic E-state index is 10.6. The molecule has 0 aromatic carbocycles. The lowest BCUT2D eigenvalue weighted by Gasteiger charge is -2.27. The molecule has 1 aromatic heterocycles. The summed E-state index contributed by atoms with van der Waals surface area (Å²) in [4.78, 5) is 16.3. The molecule has 1 aliphatic heterocycles. The van der Waals surface area contributed by atoms with Crippen molar-refractivity contribution in [3.63, 3.8) is 0 Å². The third-order valence-electron chi connectivity index (χ3n) is 2.27. The molecular weight excluding hydrogens is 198 g/mol. The summed E-state index contributed by atoms with van der Waals surface area (Å²) in [5.41, 5.74) is 0.0755. The molecule has 80 valence electrons. The van der Waals surface area contributed by atoms with Crippen LogP contribution in [0.1, 0.15) is 0 Å². The third-order valence-corrected chi connectivity index (χ3v) is 2.27. The van der Waals surface area contributed by atoms with Crippen molar-refractivity contribution in [3.8, 4) is 0 Å². The predicted octanol–water partition coefficient (Wildman–Crippen LogP) is 0.826. The largest absolute Gasteiger partial charge is 0.378 e. The molecule has 0 unspecified atom stereocenters. The molecule has 6 nitrogen and oxygen atoms in total. The number of morpholine rings is 1. The van der Waals surface area contributed by atoms with Crippen LogP contribution in [0.25, 0.3) is 0 Å². The molecule has 6 heteroatoms. The molecule has 0 radical (unpaired) electrons. The average Bonchev–Trinajstić information content (AvgIpc) is 2.30. The first-order valence-electron chi connectivity index (χ1n) is 4.70. The van der Waals surface area contributed by atoms with Crippen LogP contribution < -0.4 is 4.90 Å². The Morgan fingerprint density at radius 2 is 2.20 bits per heavy atom. The van der Waals surface area contributed by atoms with Crippen LogP contribution in [0.5, 0.6) is 0 Å². The van der Waals surface area contributed by atoms with Crippen molar-refractivity contribution < 1.29 is 9.66 Å². The first-order valence-corrected chi connectivity index (χ1v) is 4.70. The number of nitro groups is 1. The van der Waals surface area contributed by atoms with E-state index in [0.29, 0.717) is 19.0 Å². The van der Waals surface area contributed by atoms with E-state index in [0.717, 1.165) is 13.1 Å². The molecule has 15 heavy (non-hydrogen) atoms. The van der Waals surface area contributed by atoms with Crippen LogP contribution in [-0.2, 0) is 4.74 Å². The minimum Gasteiger partial charge on any atom is -0.378 e. The maximum Gasteiger partial charge on any atom is 0.274 e.